The maximum absolute atomic E-state index is 5.98. The van der Waals surface area contributed by atoms with Gasteiger partial charge in [0.1, 0.15) is 0 Å². The van der Waals surface area contributed by atoms with Crippen molar-refractivity contribution in [3.05, 3.63) is 70.3 Å². The number of methoxy groups -OCH3 is 2. The zero-order chi connectivity index (χ0) is 18.9. The van der Waals surface area contributed by atoms with Crippen LogP contribution in [0.1, 0.15) is 35.7 Å². The zero-order valence-corrected chi connectivity index (χ0v) is 16.1. The minimum atomic E-state index is -0.0311. The summed E-state index contributed by atoms with van der Waals surface area (Å²) < 4.78 is 16.3. The molecule has 0 atom stereocenters. The fourth-order valence-electron chi connectivity index (χ4n) is 3.32. The molecule has 0 N–H and O–H groups in total. The van der Waals surface area contributed by atoms with Gasteiger partial charge in [0.05, 0.1) is 19.6 Å². The molecular weight excluding hydrogens is 364 g/mol. The number of hydrogen-bond donors (Lipinski definition) is 0. The highest BCUT2D eigenvalue weighted by atomic mass is 35.5. The molecule has 0 amide bonds. The van der Waals surface area contributed by atoms with E-state index in [1.165, 1.54) is 5.56 Å². The van der Waals surface area contributed by atoms with Gasteiger partial charge in [0.2, 0.25) is 5.89 Å². The first-order chi connectivity index (χ1) is 13.1. The number of nitrogens with zero attached hydrogens (tertiary/aromatic N) is 2. The Kier molecular flexibility index (Phi) is 4.79. The van der Waals surface area contributed by atoms with Gasteiger partial charge < -0.3 is 14.0 Å². The molecule has 4 rings (SSSR count). The average molecular weight is 385 g/mol. The minimum absolute atomic E-state index is 0.0311. The third kappa shape index (κ3) is 3.78. The minimum Gasteiger partial charge on any atom is -0.493 e. The monoisotopic (exact) mass is 384 g/mol. The van der Waals surface area contributed by atoms with Crippen molar-refractivity contribution in [3.8, 4) is 11.5 Å². The molecule has 6 heteroatoms. The van der Waals surface area contributed by atoms with Gasteiger partial charge in [-0.15, -0.1) is 0 Å². The van der Waals surface area contributed by atoms with Crippen LogP contribution in [-0.4, -0.2) is 24.4 Å². The number of hydrogen-bond acceptors (Lipinski definition) is 5. The summed E-state index contributed by atoms with van der Waals surface area (Å²) in [6.45, 7) is 0. The largest absolute Gasteiger partial charge is 0.493 e. The van der Waals surface area contributed by atoms with E-state index in [1.54, 1.807) is 14.2 Å². The molecule has 1 saturated carbocycles. The van der Waals surface area contributed by atoms with Gasteiger partial charge in [-0.3, -0.25) is 0 Å². The van der Waals surface area contributed by atoms with E-state index in [-0.39, 0.29) is 5.41 Å². The highest BCUT2D eigenvalue weighted by molar-refractivity contribution is 6.30. The molecule has 140 valence electrons. The molecule has 27 heavy (non-hydrogen) atoms. The molecule has 1 aliphatic rings. The lowest BCUT2D eigenvalue weighted by molar-refractivity contribution is 0.340. The Labute approximate surface area is 163 Å². The SMILES string of the molecule is COc1ccc(Cc2noc(C3(Cc4ccc(Cl)cc4)CC3)n2)cc1OC. The Hall–Kier alpha value is -2.53. The van der Waals surface area contributed by atoms with E-state index >= 15 is 0 Å². The molecule has 1 fully saturated rings. The molecule has 1 heterocycles. The van der Waals surface area contributed by atoms with Crippen LogP contribution in [-0.2, 0) is 18.3 Å². The third-order valence-electron chi connectivity index (χ3n) is 5.04. The number of aromatic nitrogens is 2. The first kappa shape index (κ1) is 17.9. The van der Waals surface area contributed by atoms with Crippen molar-refractivity contribution >= 4 is 11.6 Å². The Morgan fingerprint density at radius 1 is 1.00 bits per heavy atom. The predicted octanol–water partition coefficient (Wildman–Crippen LogP) is 4.61. The molecule has 0 spiro atoms. The van der Waals surface area contributed by atoms with Gasteiger partial charge in [-0.05, 0) is 54.7 Å². The Morgan fingerprint density at radius 3 is 2.37 bits per heavy atom. The lowest BCUT2D eigenvalue weighted by Gasteiger charge is -2.10. The topological polar surface area (TPSA) is 57.4 Å². The maximum atomic E-state index is 5.98. The van der Waals surface area contributed by atoms with Crippen molar-refractivity contribution in [3.63, 3.8) is 0 Å². The number of halogens is 1. The molecule has 1 aliphatic carbocycles. The van der Waals surface area contributed by atoms with Crippen LogP contribution in [0, 0.1) is 0 Å². The second kappa shape index (κ2) is 7.24. The lowest BCUT2D eigenvalue weighted by atomic mass is 9.96. The van der Waals surface area contributed by atoms with Crippen LogP contribution < -0.4 is 9.47 Å². The van der Waals surface area contributed by atoms with Crippen LogP contribution in [0.25, 0.3) is 0 Å². The molecule has 0 aliphatic heterocycles. The molecule has 0 unspecified atom stereocenters. The maximum Gasteiger partial charge on any atom is 0.233 e. The molecule has 0 bridgehead atoms. The highest BCUT2D eigenvalue weighted by Crippen LogP contribution is 2.50. The smallest absolute Gasteiger partial charge is 0.233 e. The van der Waals surface area contributed by atoms with Crippen LogP contribution in [0.2, 0.25) is 5.02 Å². The van der Waals surface area contributed by atoms with Gasteiger partial charge >= 0.3 is 0 Å². The van der Waals surface area contributed by atoms with Crippen molar-refractivity contribution in [2.45, 2.75) is 31.1 Å². The Balaban J connectivity index is 1.49. The predicted molar refractivity (Wildman–Crippen MR) is 103 cm³/mol. The van der Waals surface area contributed by atoms with Gasteiger partial charge in [-0.2, -0.15) is 4.98 Å². The van der Waals surface area contributed by atoms with E-state index in [9.17, 15) is 0 Å². The third-order valence-corrected chi connectivity index (χ3v) is 5.29. The molecule has 1 aromatic heterocycles. The Morgan fingerprint density at radius 2 is 1.70 bits per heavy atom. The molecular formula is C21H21ClN2O3. The fraction of sp³-hybridized carbons (Fsp3) is 0.333. The number of rotatable bonds is 7. The lowest BCUT2D eigenvalue weighted by Crippen LogP contribution is -2.11. The standard InChI is InChI=1S/C21H21ClN2O3/c1-25-17-8-5-15(11-18(17)26-2)12-19-23-20(27-24-19)21(9-10-21)13-14-3-6-16(22)7-4-14/h3-8,11H,9-10,12-13H2,1-2H3. The summed E-state index contributed by atoms with van der Waals surface area (Å²) in [7, 11) is 3.25. The number of ether oxygens (including phenoxy) is 2. The van der Waals surface area contributed by atoms with Crippen LogP contribution in [0.4, 0.5) is 0 Å². The van der Waals surface area contributed by atoms with Crippen LogP contribution in [0.3, 0.4) is 0 Å². The zero-order valence-electron chi connectivity index (χ0n) is 15.4. The summed E-state index contributed by atoms with van der Waals surface area (Å²) in [6.07, 6.45) is 3.60. The van der Waals surface area contributed by atoms with E-state index in [2.05, 4.69) is 22.3 Å². The van der Waals surface area contributed by atoms with Gasteiger partial charge in [0, 0.05) is 11.4 Å². The summed E-state index contributed by atoms with van der Waals surface area (Å²) in [4.78, 5) is 4.68. The summed E-state index contributed by atoms with van der Waals surface area (Å²) in [5.41, 5.74) is 2.25. The summed E-state index contributed by atoms with van der Waals surface area (Å²) in [5, 5.41) is 4.94. The van der Waals surface area contributed by atoms with E-state index in [1.807, 2.05) is 30.3 Å². The molecule has 0 radical (unpaired) electrons. The normalized spacial score (nSPS) is 14.8. The van der Waals surface area contributed by atoms with Gasteiger partial charge in [0.25, 0.3) is 0 Å². The first-order valence-corrected chi connectivity index (χ1v) is 9.28. The van der Waals surface area contributed by atoms with Crippen molar-refractivity contribution < 1.29 is 14.0 Å². The summed E-state index contributed by atoms with van der Waals surface area (Å²) in [6, 6.07) is 13.8. The summed E-state index contributed by atoms with van der Waals surface area (Å²) >= 11 is 5.98. The summed E-state index contributed by atoms with van der Waals surface area (Å²) in [5.74, 6) is 2.81. The Bertz CT molecular complexity index is 933. The fourth-order valence-corrected chi connectivity index (χ4v) is 3.45. The molecule has 2 aromatic carbocycles. The molecule has 5 nitrogen and oxygen atoms in total. The van der Waals surface area contributed by atoms with Crippen molar-refractivity contribution in [1.29, 1.82) is 0 Å². The van der Waals surface area contributed by atoms with Crippen molar-refractivity contribution in [2.24, 2.45) is 0 Å². The second-order valence-corrected chi connectivity index (χ2v) is 7.40. The quantitative estimate of drug-likeness (QED) is 0.595. The average Bonchev–Trinajstić information content (AvgIpc) is 3.32. The molecule has 3 aromatic rings. The van der Waals surface area contributed by atoms with Gasteiger partial charge in [-0.25, -0.2) is 0 Å². The highest BCUT2D eigenvalue weighted by Gasteiger charge is 2.49. The van der Waals surface area contributed by atoms with Crippen molar-refractivity contribution in [1.82, 2.24) is 10.1 Å². The van der Waals surface area contributed by atoms with Crippen molar-refractivity contribution in [2.75, 3.05) is 14.2 Å². The van der Waals surface area contributed by atoms with E-state index in [4.69, 9.17) is 25.6 Å². The molecule has 0 saturated heterocycles. The van der Waals surface area contributed by atoms with Gasteiger partial charge in [-0.1, -0.05) is 35.0 Å². The van der Waals surface area contributed by atoms with E-state index < -0.39 is 0 Å². The van der Waals surface area contributed by atoms with E-state index in [0.29, 0.717) is 23.7 Å². The van der Waals surface area contributed by atoms with Crippen LogP contribution in [0.5, 0.6) is 11.5 Å². The van der Waals surface area contributed by atoms with Crippen LogP contribution >= 0.6 is 11.6 Å². The van der Waals surface area contributed by atoms with Crippen LogP contribution in [0.15, 0.2) is 47.0 Å². The number of benzene rings is 2. The second-order valence-electron chi connectivity index (χ2n) is 6.97. The van der Waals surface area contributed by atoms with Gasteiger partial charge in [0.15, 0.2) is 17.3 Å². The van der Waals surface area contributed by atoms with E-state index in [0.717, 1.165) is 35.7 Å². The first-order valence-electron chi connectivity index (χ1n) is 8.90.